The van der Waals surface area contributed by atoms with E-state index in [1.165, 1.54) is 0 Å². The van der Waals surface area contributed by atoms with Crippen molar-refractivity contribution in [2.45, 2.75) is 6.92 Å². The van der Waals surface area contributed by atoms with Gasteiger partial charge in [-0.1, -0.05) is 11.8 Å². The first-order chi connectivity index (χ1) is 11.2. The van der Waals surface area contributed by atoms with Gasteiger partial charge in [0.2, 0.25) is 5.95 Å². The monoisotopic (exact) mass is 314 g/mol. The van der Waals surface area contributed by atoms with Gasteiger partial charge in [-0.3, -0.25) is 0 Å². The highest BCUT2D eigenvalue weighted by atomic mass is 16.5. The van der Waals surface area contributed by atoms with E-state index in [1.54, 1.807) is 18.0 Å². The average molecular weight is 314 g/mol. The summed E-state index contributed by atoms with van der Waals surface area (Å²) >= 11 is 0. The predicted octanol–water partition coefficient (Wildman–Crippen LogP) is 1.84. The second-order valence-electron chi connectivity index (χ2n) is 4.84. The van der Waals surface area contributed by atoms with Crippen LogP contribution in [0, 0.1) is 0 Å². The Kier molecular flexibility index (Phi) is 4.20. The summed E-state index contributed by atoms with van der Waals surface area (Å²) in [6.07, 6.45) is 3.53. The maximum atomic E-state index is 5.02. The number of nitrogens with zero attached hydrogens (tertiary/aromatic N) is 5. The highest BCUT2D eigenvalue weighted by Crippen LogP contribution is 2.22. The first-order valence-corrected chi connectivity index (χ1v) is 7.16. The van der Waals surface area contributed by atoms with Crippen LogP contribution >= 0.6 is 0 Å². The van der Waals surface area contributed by atoms with Gasteiger partial charge in [-0.2, -0.15) is 9.97 Å². The fourth-order valence-electron chi connectivity index (χ4n) is 2.12. The smallest absolute Gasteiger partial charge is 0.232 e. The molecule has 3 rings (SSSR count). The Morgan fingerprint density at radius 1 is 1.43 bits per heavy atom. The maximum Gasteiger partial charge on any atom is 0.232 e. The van der Waals surface area contributed by atoms with E-state index in [2.05, 4.69) is 42.5 Å². The van der Waals surface area contributed by atoms with Crippen molar-refractivity contribution in [3.63, 3.8) is 0 Å². The van der Waals surface area contributed by atoms with Crippen LogP contribution in [-0.2, 0) is 4.74 Å². The Labute approximate surface area is 132 Å². The third-order valence-electron chi connectivity index (χ3n) is 3.13. The molecule has 0 saturated heterocycles. The molecule has 120 valence electrons. The van der Waals surface area contributed by atoms with E-state index in [9.17, 15) is 0 Å². The molecule has 0 radical (unpaired) electrons. The van der Waals surface area contributed by atoms with E-state index >= 15 is 0 Å². The zero-order valence-electron chi connectivity index (χ0n) is 13.0. The van der Waals surface area contributed by atoms with Crippen LogP contribution in [-0.4, -0.2) is 50.2 Å². The number of aromatic amines is 1. The van der Waals surface area contributed by atoms with Gasteiger partial charge in [0, 0.05) is 19.9 Å². The van der Waals surface area contributed by atoms with Gasteiger partial charge in [-0.15, -0.1) is 5.10 Å². The maximum absolute atomic E-state index is 5.02. The topological polar surface area (TPSA) is 106 Å². The summed E-state index contributed by atoms with van der Waals surface area (Å²) in [5.41, 5.74) is 1.43. The molecule has 0 bridgehead atoms. The van der Waals surface area contributed by atoms with Crippen LogP contribution in [0.15, 0.2) is 25.0 Å². The molecular weight excluding hydrogens is 296 g/mol. The zero-order valence-corrected chi connectivity index (χ0v) is 13.0. The summed E-state index contributed by atoms with van der Waals surface area (Å²) in [6, 6.07) is 1.93. The minimum absolute atomic E-state index is 0.373. The molecule has 0 aliphatic carbocycles. The first kappa shape index (κ1) is 15.0. The van der Waals surface area contributed by atoms with Crippen LogP contribution in [0.3, 0.4) is 0 Å². The molecule has 23 heavy (non-hydrogen) atoms. The highest BCUT2D eigenvalue weighted by molar-refractivity contribution is 5.88. The van der Waals surface area contributed by atoms with Crippen LogP contribution in [0.25, 0.3) is 16.7 Å². The van der Waals surface area contributed by atoms with Crippen molar-refractivity contribution >= 4 is 34.3 Å². The summed E-state index contributed by atoms with van der Waals surface area (Å²) in [4.78, 5) is 12.0. The lowest BCUT2D eigenvalue weighted by atomic mass is 10.4. The fraction of sp³-hybridized carbons (Fsp3) is 0.286. The molecule has 9 nitrogen and oxygen atoms in total. The van der Waals surface area contributed by atoms with Crippen LogP contribution in [0.2, 0.25) is 0 Å². The summed E-state index contributed by atoms with van der Waals surface area (Å²) in [7, 11) is 1.60. The van der Waals surface area contributed by atoms with Crippen molar-refractivity contribution in [2.75, 3.05) is 30.9 Å². The molecular formula is C14H18N8O. The van der Waals surface area contributed by atoms with Crippen molar-refractivity contribution in [1.82, 2.24) is 29.9 Å². The van der Waals surface area contributed by atoms with E-state index < -0.39 is 0 Å². The number of fused-ring (bicyclic) bond motifs is 1. The summed E-state index contributed by atoms with van der Waals surface area (Å²) in [5.74, 6) is 1.72. The van der Waals surface area contributed by atoms with Gasteiger partial charge in [-0.05, 0) is 13.0 Å². The van der Waals surface area contributed by atoms with E-state index in [1.807, 2.05) is 19.2 Å². The molecule has 0 atom stereocenters. The number of anilines is 3. The minimum Gasteiger partial charge on any atom is -0.378 e. The fourth-order valence-corrected chi connectivity index (χ4v) is 2.12. The van der Waals surface area contributed by atoms with Crippen molar-refractivity contribution in [3.8, 4) is 0 Å². The van der Waals surface area contributed by atoms with Crippen LogP contribution in [0.5, 0.6) is 0 Å². The first-order valence-electron chi connectivity index (χ1n) is 7.16. The summed E-state index contributed by atoms with van der Waals surface area (Å²) < 4.78 is 6.57. The van der Waals surface area contributed by atoms with Crippen LogP contribution in [0.4, 0.5) is 17.6 Å². The molecule has 0 amide bonds. The van der Waals surface area contributed by atoms with E-state index in [4.69, 9.17) is 4.74 Å². The van der Waals surface area contributed by atoms with Gasteiger partial charge < -0.3 is 20.4 Å². The summed E-state index contributed by atoms with van der Waals surface area (Å²) in [5, 5.41) is 15.2. The Balaban J connectivity index is 1.85. The van der Waals surface area contributed by atoms with Gasteiger partial charge in [0.05, 0.1) is 23.9 Å². The quantitative estimate of drug-likeness (QED) is 0.611. The number of H-pyrrole nitrogens is 1. The number of methoxy groups -OCH3 is 1. The molecule has 3 N–H and O–H groups in total. The molecule has 0 aliphatic heterocycles. The lowest BCUT2D eigenvalue weighted by molar-refractivity contribution is 0.235. The third-order valence-corrected chi connectivity index (χ3v) is 3.13. The number of nitrogens with one attached hydrogen (secondary N) is 3. The Morgan fingerprint density at radius 3 is 3.09 bits per heavy atom. The number of aromatic nitrogens is 6. The molecule has 0 aliphatic rings. The number of hydrogen-bond donors (Lipinski definition) is 3. The van der Waals surface area contributed by atoms with Crippen molar-refractivity contribution in [3.05, 3.63) is 25.0 Å². The zero-order chi connectivity index (χ0) is 16.2. The Bertz CT molecular complexity index is 821. The van der Waals surface area contributed by atoms with Crippen molar-refractivity contribution in [2.24, 2.45) is 0 Å². The molecule has 3 aromatic heterocycles. The second kappa shape index (κ2) is 6.44. The van der Waals surface area contributed by atoms with E-state index in [-0.39, 0.29) is 0 Å². The van der Waals surface area contributed by atoms with Gasteiger partial charge in [0.1, 0.15) is 11.5 Å². The number of rotatable bonds is 7. The Hall–Kier alpha value is -2.94. The molecule has 9 heteroatoms. The lowest BCUT2D eigenvalue weighted by Crippen LogP contribution is -2.04. The lowest BCUT2D eigenvalue weighted by Gasteiger charge is -2.07. The van der Waals surface area contributed by atoms with Gasteiger partial charge >= 0.3 is 0 Å². The number of hydrogen-bond acceptors (Lipinski definition) is 7. The molecule has 0 aromatic carbocycles. The second-order valence-corrected chi connectivity index (χ2v) is 4.84. The average Bonchev–Trinajstić information content (AvgIpc) is 3.17. The molecule has 3 aromatic rings. The molecule has 3 heterocycles. The Morgan fingerprint density at radius 2 is 2.30 bits per heavy atom. The molecule has 0 saturated carbocycles. The third kappa shape index (κ3) is 3.14. The standard InChI is InChI=1S/C14H18N8O/c1-4-15-12-10-5-6-16-13(10)19-14(18-12)17-11-7-22(21-20-11)9(2)8-23-3/h5-7H,2,4,8H2,1,3H3,(H3,15,16,17,18,19). The van der Waals surface area contributed by atoms with Crippen LogP contribution in [0.1, 0.15) is 6.92 Å². The summed E-state index contributed by atoms with van der Waals surface area (Å²) in [6.45, 7) is 7.02. The van der Waals surface area contributed by atoms with Crippen LogP contribution < -0.4 is 10.6 Å². The van der Waals surface area contributed by atoms with Crippen molar-refractivity contribution < 1.29 is 4.74 Å². The normalized spacial score (nSPS) is 10.9. The minimum atomic E-state index is 0.373. The van der Waals surface area contributed by atoms with E-state index in [0.717, 1.165) is 23.4 Å². The highest BCUT2D eigenvalue weighted by Gasteiger charge is 2.10. The molecule has 0 unspecified atom stereocenters. The molecule has 0 fully saturated rings. The van der Waals surface area contributed by atoms with Gasteiger partial charge in [0.25, 0.3) is 0 Å². The van der Waals surface area contributed by atoms with Gasteiger partial charge in [0.15, 0.2) is 5.82 Å². The SMILES string of the molecule is C=C(COC)n1cc(Nc2nc(NCC)c3cc[nH]c3n2)nn1. The van der Waals surface area contributed by atoms with Gasteiger partial charge in [-0.25, -0.2) is 4.68 Å². The number of ether oxygens (including phenoxy) is 1. The predicted molar refractivity (Wildman–Crippen MR) is 88.6 cm³/mol. The largest absolute Gasteiger partial charge is 0.378 e. The molecule has 0 spiro atoms. The van der Waals surface area contributed by atoms with Crippen molar-refractivity contribution in [1.29, 1.82) is 0 Å². The van der Waals surface area contributed by atoms with E-state index in [0.29, 0.717) is 24.1 Å².